The highest BCUT2D eigenvalue weighted by molar-refractivity contribution is 6.32. The van der Waals surface area contributed by atoms with Crippen LogP contribution in [0.5, 0.6) is 11.5 Å². The summed E-state index contributed by atoms with van der Waals surface area (Å²) in [5.74, 6) is 0.316. The molecule has 0 bridgehead atoms. The zero-order valence-electron chi connectivity index (χ0n) is 15.5. The largest absolute Gasteiger partial charge is 0.496 e. The lowest BCUT2D eigenvalue weighted by atomic mass is 10.1. The molecule has 0 aliphatic carbocycles. The van der Waals surface area contributed by atoms with Gasteiger partial charge in [-0.15, -0.1) is 0 Å². The first-order valence-electron chi connectivity index (χ1n) is 8.40. The van der Waals surface area contributed by atoms with Crippen molar-refractivity contribution in [2.45, 2.75) is 25.9 Å². The van der Waals surface area contributed by atoms with E-state index in [4.69, 9.17) is 25.8 Å². The highest BCUT2D eigenvalue weighted by Crippen LogP contribution is 2.27. The van der Waals surface area contributed by atoms with Crippen LogP contribution < -0.4 is 14.8 Å². The lowest BCUT2D eigenvalue weighted by Gasteiger charge is -2.14. The number of amides is 1. The van der Waals surface area contributed by atoms with Gasteiger partial charge in [-0.1, -0.05) is 29.8 Å². The summed E-state index contributed by atoms with van der Waals surface area (Å²) in [6, 6.07) is 12.3. The van der Waals surface area contributed by atoms with E-state index in [1.165, 1.54) is 14.0 Å². The monoisotopic (exact) mass is 391 g/mol. The molecule has 0 saturated heterocycles. The Kier molecular flexibility index (Phi) is 7.49. The smallest absolute Gasteiger partial charge is 0.306 e. The van der Waals surface area contributed by atoms with E-state index in [9.17, 15) is 9.59 Å². The van der Waals surface area contributed by atoms with E-state index in [2.05, 4.69) is 5.32 Å². The first-order valence-corrected chi connectivity index (χ1v) is 8.78. The van der Waals surface area contributed by atoms with Crippen LogP contribution in [0.4, 0.5) is 5.69 Å². The third-order valence-corrected chi connectivity index (χ3v) is 4.18. The molecule has 2 aromatic rings. The summed E-state index contributed by atoms with van der Waals surface area (Å²) in [5.41, 5.74) is 1.39. The summed E-state index contributed by atoms with van der Waals surface area (Å²) in [5, 5.41) is 3.03. The van der Waals surface area contributed by atoms with Gasteiger partial charge in [-0.2, -0.15) is 0 Å². The average Bonchev–Trinajstić information content (AvgIpc) is 2.66. The Hall–Kier alpha value is -2.73. The Bertz CT molecular complexity index is 809. The number of nitrogens with one attached hydrogen (secondary N) is 1. The molecule has 0 fully saturated rings. The first kappa shape index (κ1) is 20.6. The van der Waals surface area contributed by atoms with Crippen molar-refractivity contribution in [2.75, 3.05) is 19.5 Å². The molecular weight excluding hydrogens is 370 g/mol. The Morgan fingerprint density at radius 2 is 1.78 bits per heavy atom. The second-order valence-corrected chi connectivity index (χ2v) is 6.19. The van der Waals surface area contributed by atoms with Crippen LogP contribution in [0.3, 0.4) is 0 Å². The predicted molar refractivity (Wildman–Crippen MR) is 104 cm³/mol. The Morgan fingerprint density at radius 1 is 1.07 bits per heavy atom. The van der Waals surface area contributed by atoms with Gasteiger partial charge in [-0.3, -0.25) is 9.59 Å². The topological polar surface area (TPSA) is 73.9 Å². The van der Waals surface area contributed by atoms with Gasteiger partial charge in [0.05, 0.1) is 19.2 Å². The number of aryl methyl sites for hydroxylation is 1. The number of ether oxygens (including phenoxy) is 3. The maximum Gasteiger partial charge on any atom is 0.306 e. The molecule has 0 heterocycles. The van der Waals surface area contributed by atoms with Gasteiger partial charge in [0.2, 0.25) is 0 Å². The van der Waals surface area contributed by atoms with E-state index in [-0.39, 0.29) is 6.42 Å². The van der Waals surface area contributed by atoms with Crippen molar-refractivity contribution < 1.29 is 23.8 Å². The molecule has 2 aromatic carbocycles. The number of anilines is 1. The molecule has 1 N–H and O–H groups in total. The van der Waals surface area contributed by atoms with Crippen LogP contribution in [0, 0.1) is 0 Å². The summed E-state index contributed by atoms with van der Waals surface area (Å²) in [6.45, 7) is 1.52. The third kappa shape index (κ3) is 5.89. The number of carbonyl (C=O) groups is 2. The number of hydrogen-bond donors (Lipinski definition) is 1. The molecule has 0 radical (unpaired) electrons. The molecule has 27 heavy (non-hydrogen) atoms. The number of rotatable bonds is 8. The standard InChI is InChI=1S/C20H22ClNO5/c1-13(20(24)22-15-9-10-18(26-3)16(21)12-15)27-19(23)11-8-14-6-4-5-7-17(14)25-2/h4-7,9-10,12-13H,8,11H2,1-3H3,(H,22,24)/t13-/m0/s1. The van der Waals surface area contributed by atoms with Gasteiger partial charge in [0.1, 0.15) is 11.5 Å². The molecule has 0 aliphatic rings. The van der Waals surface area contributed by atoms with Gasteiger partial charge in [-0.05, 0) is 43.2 Å². The molecule has 0 saturated carbocycles. The van der Waals surface area contributed by atoms with E-state index in [1.807, 2.05) is 24.3 Å². The zero-order chi connectivity index (χ0) is 19.8. The molecule has 0 aliphatic heterocycles. The van der Waals surface area contributed by atoms with E-state index in [0.717, 1.165) is 5.56 Å². The lowest BCUT2D eigenvalue weighted by molar-refractivity contribution is -0.153. The first-order chi connectivity index (χ1) is 12.9. The van der Waals surface area contributed by atoms with Gasteiger partial charge in [-0.25, -0.2) is 0 Å². The molecule has 1 atom stereocenters. The van der Waals surface area contributed by atoms with E-state index in [0.29, 0.717) is 28.6 Å². The van der Waals surface area contributed by atoms with Crippen LogP contribution in [0.2, 0.25) is 5.02 Å². The molecule has 6 nitrogen and oxygen atoms in total. The van der Waals surface area contributed by atoms with Crippen LogP contribution in [0.15, 0.2) is 42.5 Å². The maximum absolute atomic E-state index is 12.2. The fraction of sp³-hybridized carbons (Fsp3) is 0.300. The summed E-state index contributed by atoms with van der Waals surface area (Å²) in [7, 11) is 3.08. The van der Waals surface area contributed by atoms with Crippen LogP contribution in [0.1, 0.15) is 18.9 Å². The molecule has 144 valence electrons. The highest BCUT2D eigenvalue weighted by atomic mass is 35.5. The number of para-hydroxylation sites is 1. The highest BCUT2D eigenvalue weighted by Gasteiger charge is 2.18. The Morgan fingerprint density at radius 3 is 2.44 bits per heavy atom. The van der Waals surface area contributed by atoms with Crippen LogP contribution in [0.25, 0.3) is 0 Å². The summed E-state index contributed by atoms with van der Waals surface area (Å²) >= 11 is 6.03. The number of methoxy groups -OCH3 is 2. The Balaban J connectivity index is 1.86. The van der Waals surface area contributed by atoms with Crippen molar-refractivity contribution in [3.05, 3.63) is 53.1 Å². The molecule has 0 unspecified atom stereocenters. The number of benzene rings is 2. The number of esters is 1. The second kappa shape index (κ2) is 9.83. The van der Waals surface area contributed by atoms with Crippen molar-refractivity contribution in [3.8, 4) is 11.5 Å². The van der Waals surface area contributed by atoms with E-state index in [1.54, 1.807) is 25.3 Å². The summed E-state index contributed by atoms with van der Waals surface area (Å²) in [4.78, 5) is 24.2. The number of halogens is 1. The van der Waals surface area contributed by atoms with Gasteiger partial charge < -0.3 is 19.5 Å². The Labute approximate surface area is 163 Å². The number of carbonyl (C=O) groups excluding carboxylic acids is 2. The second-order valence-electron chi connectivity index (χ2n) is 5.78. The SMILES string of the molecule is COc1ccc(NC(=O)[C@H](C)OC(=O)CCc2ccccc2OC)cc1Cl. The van der Waals surface area contributed by atoms with Crippen molar-refractivity contribution in [3.63, 3.8) is 0 Å². The summed E-state index contributed by atoms with van der Waals surface area (Å²) in [6.07, 6.45) is -0.325. The van der Waals surface area contributed by atoms with E-state index >= 15 is 0 Å². The fourth-order valence-corrected chi connectivity index (χ4v) is 2.70. The van der Waals surface area contributed by atoms with Crippen LogP contribution in [-0.2, 0) is 20.7 Å². The van der Waals surface area contributed by atoms with Crippen molar-refractivity contribution in [2.24, 2.45) is 0 Å². The van der Waals surface area contributed by atoms with Crippen molar-refractivity contribution in [1.29, 1.82) is 0 Å². The lowest BCUT2D eigenvalue weighted by Crippen LogP contribution is -2.30. The molecule has 0 spiro atoms. The molecule has 2 rings (SSSR count). The normalized spacial score (nSPS) is 11.4. The zero-order valence-corrected chi connectivity index (χ0v) is 16.2. The van der Waals surface area contributed by atoms with Gasteiger partial charge in [0.25, 0.3) is 5.91 Å². The van der Waals surface area contributed by atoms with Crippen molar-refractivity contribution >= 4 is 29.2 Å². The fourth-order valence-electron chi connectivity index (χ4n) is 2.44. The third-order valence-electron chi connectivity index (χ3n) is 3.89. The quantitative estimate of drug-likeness (QED) is 0.691. The van der Waals surface area contributed by atoms with Crippen molar-refractivity contribution in [1.82, 2.24) is 0 Å². The molecule has 1 amide bonds. The van der Waals surface area contributed by atoms with Gasteiger partial charge in [0.15, 0.2) is 6.10 Å². The predicted octanol–water partition coefficient (Wildman–Crippen LogP) is 3.86. The summed E-state index contributed by atoms with van der Waals surface area (Å²) < 4.78 is 15.5. The minimum Gasteiger partial charge on any atom is -0.496 e. The molecule has 7 heteroatoms. The molecule has 0 aromatic heterocycles. The van der Waals surface area contributed by atoms with E-state index < -0.39 is 18.0 Å². The van der Waals surface area contributed by atoms with Gasteiger partial charge in [0, 0.05) is 12.1 Å². The molecular formula is C20H22ClNO5. The average molecular weight is 392 g/mol. The minimum atomic E-state index is -0.934. The minimum absolute atomic E-state index is 0.145. The number of hydrogen-bond acceptors (Lipinski definition) is 5. The van der Waals surface area contributed by atoms with Crippen LogP contribution >= 0.6 is 11.6 Å². The maximum atomic E-state index is 12.2. The van der Waals surface area contributed by atoms with Gasteiger partial charge >= 0.3 is 5.97 Å². The van der Waals surface area contributed by atoms with Crippen LogP contribution in [-0.4, -0.2) is 32.2 Å².